The number of aromatic amines is 1. The SMILES string of the molecule is Cc1cc(-c2cnc(N3CC[C@@H](O)C3)nc2C)c2cn[nH]c2c1. The van der Waals surface area contributed by atoms with E-state index in [-0.39, 0.29) is 6.10 Å². The second kappa shape index (κ2) is 5.31. The average molecular weight is 309 g/mol. The van der Waals surface area contributed by atoms with Gasteiger partial charge in [0.15, 0.2) is 0 Å². The fraction of sp³-hybridized carbons (Fsp3) is 0.353. The number of hydrogen-bond donors (Lipinski definition) is 2. The van der Waals surface area contributed by atoms with Gasteiger partial charge in [-0.1, -0.05) is 6.07 Å². The Labute approximate surface area is 134 Å². The minimum Gasteiger partial charge on any atom is -0.391 e. The van der Waals surface area contributed by atoms with Crippen LogP contribution in [0.2, 0.25) is 0 Å². The molecule has 0 unspecified atom stereocenters. The minimum atomic E-state index is -0.277. The second-order valence-corrected chi connectivity index (χ2v) is 6.20. The van der Waals surface area contributed by atoms with E-state index in [1.54, 1.807) is 0 Å². The molecule has 23 heavy (non-hydrogen) atoms. The third-order valence-corrected chi connectivity index (χ3v) is 4.41. The molecule has 0 bridgehead atoms. The predicted octanol–water partition coefficient (Wildman–Crippen LogP) is 2.21. The summed E-state index contributed by atoms with van der Waals surface area (Å²) in [7, 11) is 0. The summed E-state index contributed by atoms with van der Waals surface area (Å²) in [6.45, 7) is 5.48. The van der Waals surface area contributed by atoms with Crippen molar-refractivity contribution < 1.29 is 5.11 Å². The van der Waals surface area contributed by atoms with Gasteiger partial charge in [0.1, 0.15) is 0 Å². The summed E-state index contributed by atoms with van der Waals surface area (Å²) in [6.07, 6.45) is 4.22. The van der Waals surface area contributed by atoms with Crippen molar-refractivity contribution >= 4 is 16.9 Å². The number of nitrogens with one attached hydrogen (secondary N) is 1. The molecule has 1 atom stereocenters. The summed E-state index contributed by atoms with van der Waals surface area (Å²) in [5.41, 5.74) is 5.24. The van der Waals surface area contributed by atoms with Crippen molar-refractivity contribution in [1.29, 1.82) is 0 Å². The molecule has 118 valence electrons. The third kappa shape index (κ3) is 2.45. The monoisotopic (exact) mass is 309 g/mol. The minimum absolute atomic E-state index is 0.277. The molecule has 0 spiro atoms. The maximum absolute atomic E-state index is 9.68. The largest absolute Gasteiger partial charge is 0.391 e. The first kappa shape index (κ1) is 14.1. The van der Waals surface area contributed by atoms with Gasteiger partial charge in [-0.05, 0) is 37.5 Å². The maximum atomic E-state index is 9.68. The Kier molecular flexibility index (Phi) is 3.27. The highest BCUT2D eigenvalue weighted by molar-refractivity contribution is 5.95. The van der Waals surface area contributed by atoms with Gasteiger partial charge < -0.3 is 10.0 Å². The third-order valence-electron chi connectivity index (χ3n) is 4.41. The Morgan fingerprint density at radius 1 is 1.22 bits per heavy atom. The van der Waals surface area contributed by atoms with Crippen molar-refractivity contribution in [3.8, 4) is 11.1 Å². The molecule has 0 radical (unpaired) electrons. The molecule has 2 aromatic heterocycles. The molecule has 6 heteroatoms. The molecule has 1 fully saturated rings. The van der Waals surface area contributed by atoms with Gasteiger partial charge >= 0.3 is 0 Å². The van der Waals surface area contributed by atoms with Crippen LogP contribution in [0, 0.1) is 13.8 Å². The number of hydrogen-bond acceptors (Lipinski definition) is 5. The van der Waals surface area contributed by atoms with E-state index in [9.17, 15) is 5.11 Å². The second-order valence-electron chi connectivity index (χ2n) is 6.20. The van der Waals surface area contributed by atoms with Gasteiger partial charge in [0, 0.05) is 30.2 Å². The number of benzene rings is 1. The Bertz CT molecular complexity index is 873. The molecule has 3 aromatic rings. The number of β-amino-alcohol motifs (C(OH)–C–C–N with tert-alkyl or cyclic N) is 1. The molecule has 0 amide bonds. The molecule has 0 saturated carbocycles. The maximum Gasteiger partial charge on any atom is 0.225 e. The van der Waals surface area contributed by atoms with Crippen LogP contribution in [-0.4, -0.2) is 44.5 Å². The van der Waals surface area contributed by atoms with Crippen LogP contribution >= 0.6 is 0 Å². The van der Waals surface area contributed by atoms with Gasteiger partial charge in [0.05, 0.1) is 23.5 Å². The molecule has 3 heterocycles. The number of rotatable bonds is 2. The zero-order valence-corrected chi connectivity index (χ0v) is 13.2. The summed E-state index contributed by atoms with van der Waals surface area (Å²) in [4.78, 5) is 11.2. The van der Waals surface area contributed by atoms with E-state index < -0.39 is 0 Å². The van der Waals surface area contributed by atoms with E-state index in [1.165, 1.54) is 5.56 Å². The van der Waals surface area contributed by atoms with Gasteiger partial charge in [-0.15, -0.1) is 0 Å². The quantitative estimate of drug-likeness (QED) is 0.759. The molecule has 1 saturated heterocycles. The van der Waals surface area contributed by atoms with E-state index >= 15 is 0 Å². The van der Waals surface area contributed by atoms with Gasteiger partial charge in [-0.2, -0.15) is 5.10 Å². The predicted molar refractivity (Wildman–Crippen MR) is 89.4 cm³/mol. The molecular formula is C17H19N5O. The number of H-pyrrole nitrogens is 1. The van der Waals surface area contributed by atoms with Crippen molar-refractivity contribution in [1.82, 2.24) is 20.2 Å². The van der Waals surface area contributed by atoms with Crippen molar-refractivity contribution in [2.24, 2.45) is 0 Å². The number of aliphatic hydroxyl groups excluding tert-OH is 1. The lowest BCUT2D eigenvalue weighted by atomic mass is 10.00. The lowest BCUT2D eigenvalue weighted by Crippen LogP contribution is -2.23. The van der Waals surface area contributed by atoms with Crippen molar-refractivity contribution in [2.45, 2.75) is 26.4 Å². The molecule has 4 rings (SSSR count). The summed E-state index contributed by atoms with van der Waals surface area (Å²) in [6, 6.07) is 4.23. The van der Waals surface area contributed by atoms with E-state index in [0.717, 1.165) is 40.7 Å². The smallest absolute Gasteiger partial charge is 0.225 e. The van der Waals surface area contributed by atoms with Crippen molar-refractivity contribution in [3.05, 3.63) is 35.8 Å². The van der Waals surface area contributed by atoms with Crippen molar-refractivity contribution in [2.75, 3.05) is 18.0 Å². The van der Waals surface area contributed by atoms with Gasteiger partial charge in [0.25, 0.3) is 0 Å². The van der Waals surface area contributed by atoms with Crippen LogP contribution in [0.5, 0.6) is 0 Å². The molecular weight excluding hydrogens is 290 g/mol. The van der Waals surface area contributed by atoms with Crippen LogP contribution in [0.25, 0.3) is 22.0 Å². The van der Waals surface area contributed by atoms with Crippen LogP contribution in [0.4, 0.5) is 5.95 Å². The fourth-order valence-corrected chi connectivity index (χ4v) is 3.21. The number of anilines is 1. The van der Waals surface area contributed by atoms with Crippen molar-refractivity contribution in [3.63, 3.8) is 0 Å². The van der Waals surface area contributed by atoms with Gasteiger partial charge in [-0.25, -0.2) is 9.97 Å². The van der Waals surface area contributed by atoms with E-state index in [2.05, 4.69) is 39.2 Å². The highest BCUT2D eigenvalue weighted by Gasteiger charge is 2.23. The molecule has 1 aliphatic heterocycles. The Hall–Kier alpha value is -2.47. The van der Waals surface area contributed by atoms with Crippen LogP contribution in [0.1, 0.15) is 17.7 Å². The first-order valence-corrected chi connectivity index (χ1v) is 7.82. The molecule has 1 aromatic carbocycles. The zero-order valence-electron chi connectivity index (χ0n) is 13.2. The van der Waals surface area contributed by atoms with E-state index in [4.69, 9.17) is 0 Å². The Morgan fingerprint density at radius 3 is 2.83 bits per heavy atom. The first-order valence-electron chi connectivity index (χ1n) is 7.82. The van der Waals surface area contributed by atoms with E-state index in [0.29, 0.717) is 12.5 Å². The summed E-state index contributed by atoms with van der Waals surface area (Å²) in [5.74, 6) is 0.693. The number of fused-ring (bicyclic) bond motifs is 1. The fourth-order valence-electron chi connectivity index (χ4n) is 3.21. The van der Waals surface area contributed by atoms with Crippen LogP contribution < -0.4 is 4.90 Å². The highest BCUT2D eigenvalue weighted by Crippen LogP contribution is 2.31. The lowest BCUT2D eigenvalue weighted by Gasteiger charge is -2.17. The molecule has 0 aliphatic carbocycles. The number of aromatic nitrogens is 4. The average Bonchev–Trinajstić information content (AvgIpc) is 3.15. The highest BCUT2D eigenvalue weighted by atomic mass is 16.3. The summed E-state index contributed by atoms with van der Waals surface area (Å²) in [5, 5.41) is 17.9. The van der Waals surface area contributed by atoms with Crippen LogP contribution in [0.3, 0.4) is 0 Å². The summed E-state index contributed by atoms with van der Waals surface area (Å²) >= 11 is 0. The topological polar surface area (TPSA) is 77.9 Å². The van der Waals surface area contributed by atoms with Crippen LogP contribution in [0.15, 0.2) is 24.5 Å². The molecule has 1 aliphatic rings. The standard InChI is InChI=1S/C17H19N5O/c1-10-5-13(15-8-19-21-16(15)6-10)14-7-18-17(20-11(14)2)22-4-3-12(23)9-22/h5-8,12,23H,3-4,9H2,1-2H3,(H,19,21)/t12-/m1/s1. The van der Waals surface area contributed by atoms with E-state index in [1.807, 2.05) is 24.2 Å². The number of aliphatic hydroxyl groups is 1. The van der Waals surface area contributed by atoms with Gasteiger partial charge in [-0.3, -0.25) is 5.10 Å². The first-order chi connectivity index (χ1) is 11.1. The van der Waals surface area contributed by atoms with Crippen LogP contribution in [-0.2, 0) is 0 Å². The number of nitrogens with zero attached hydrogens (tertiary/aromatic N) is 4. The zero-order chi connectivity index (χ0) is 16.0. The molecule has 2 N–H and O–H groups in total. The molecule has 6 nitrogen and oxygen atoms in total. The summed E-state index contributed by atoms with van der Waals surface area (Å²) < 4.78 is 0. The lowest BCUT2D eigenvalue weighted by molar-refractivity contribution is 0.198. The number of aryl methyl sites for hydroxylation is 2. The Morgan fingerprint density at radius 2 is 2.09 bits per heavy atom. The van der Waals surface area contributed by atoms with Gasteiger partial charge in [0.2, 0.25) is 5.95 Å². The normalized spacial score (nSPS) is 18.0. The Balaban J connectivity index is 1.78.